The summed E-state index contributed by atoms with van der Waals surface area (Å²) >= 11 is 0. The molecular formula is C14H12F3N5. The van der Waals surface area contributed by atoms with Gasteiger partial charge in [-0.2, -0.15) is 5.10 Å². The first-order valence-electron chi connectivity index (χ1n) is 6.19. The minimum atomic E-state index is -0.944. The number of hydrazone groups is 1. The summed E-state index contributed by atoms with van der Waals surface area (Å²) in [6, 6.07) is 6.52. The quantitative estimate of drug-likeness (QED) is 0.458. The molecule has 0 bridgehead atoms. The van der Waals surface area contributed by atoms with Crippen molar-refractivity contribution in [1.29, 1.82) is 5.41 Å². The van der Waals surface area contributed by atoms with Crippen molar-refractivity contribution >= 4 is 11.7 Å². The summed E-state index contributed by atoms with van der Waals surface area (Å²) in [5.74, 6) is -2.76. The number of nitrogens with zero attached hydrogens (tertiary/aromatic N) is 2. The summed E-state index contributed by atoms with van der Waals surface area (Å²) in [5, 5.41) is 10.8. The molecule has 0 aliphatic rings. The lowest BCUT2D eigenvalue weighted by molar-refractivity contribution is 0.570. The average Bonchev–Trinajstić information content (AvgIpc) is 2.46. The highest BCUT2D eigenvalue weighted by molar-refractivity contribution is 6.01. The second-order valence-electron chi connectivity index (χ2n) is 4.34. The van der Waals surface area contributed by atoms with Gasteiger partial charge in [0.25, 0.3) is 0 Å². The lowest BCUT2D eigenvalue weighted by atomic mass is 10.0. The van der Waals surface area contributed by atoms with E-state index in [0.717, 1.165) is 6.20 Å². The Hall–Kier alpha value is -2.90. The summed E-state index contributed by atoms with van der Waals surface area (Å²) < 4.78 is 40.5. The molecule has 0 unspecified atom stereocenters. The van der Waals surface area contributed by atoms with Crippen molar-refractivity contribution < 1.29 is 13.2 Å². The second kappa shape index (κ2) is 6.70. The van der Waals surface area contributed by atoms with Crippen LogP contribution in [-0.2, 0) is 6.42 Å². The third kappa shape index (κ3) is 3.81. The molecule has 1 aromatic carbocycles. The van der Waals surface area contributed by atoms with E-state index in [1.165, 1.54) is 18.2 Å². The van der Waals surface area contributed by atoms with Crippen LogP contribution in [-0.4, -0.2) is 16.7 Å². The van der Waals surface area contributed by atoms with Crippen LogP contribution in [0.2, 0.25) is 0 Å². The van der Waals surface area contributed by atoms with E-state index < -0.39 is 23.4 Å². The van der Waals surface area contributed by atoms with Gasteiger partial charge in [0.2, 0.25) is 5.96 Å². The van der Waals surface area contributed by atoms with E-state index in [9.17, 15) is 13.2 Å². The molecule has 8 heteroatoms. The van der Waals surface area contributed by atoms with Crippen LogP contribution >= 0.6 is 0 Å². The minimum Gasteiger partial charge on any atom is -0.369 e. The van der Waals surface area contributed by atoms with Gasteiger partial charge in [-0.05, 0) is 11.6 Å². The standard InChI is InChI=1S/C14H12F3N5/c15-9-6-11(17)13(20-7-9)12(21-22-14(18)19)5-8-3-1-2-4-10(8)16/h1-4,6-7H,5H2,(H4,18,19,22)/b21-12-. The first kappa shape index (κ1) is 15.5. The van der Waals surface area contributed by atoms with E-state index in [4.69, 9.17) is 11.1 Å². The molecule has 2 aromatic rings. The van der Waals surface area contributed by atoms with Crippen LogP contribution in [0.1, 0.15) is 11.3 Å². The van der Waals surface area contributed by atoms with Crippen LogP contribution in [0, 0.1) is 22.9 Å². The maximum absolute atomic E-state index is 13.8. The van der Waals surface area contributed by atoms with Gasteiger partial charge in [0.05, 0.1) is 11.9 Å². The number of hydrogen-bond donors (Lipinski definition) is 3. The number of benzene rings is 1. The number of nitrogens with one attached hydrogen (secondary N) is 2. The molecule has 5 nitrogen and oxygen atoms in total. The molecule has 1 heterocycles. The molecule has 0 fully saturated rings. The van der Waals surface area contributed by atoms with E-state index in [0.29, 0.717) is 6.07 Å². The number of hydrogen-bond acceptors (Lipinski definition) is 3. The monoisotopic (exact) mass is 307 g/mol. The van der Waals surface area contributed by atoms with Gasteiger partial charge in [0.15, 0.2) is 5.82 Å². The van der Waals surface area contributed by atoms with Crippen LogP contribution in [0.3, 0.4) is 0 Å². The Morgan fingerprint density at radius 1 is 1.23 bits per heavy atom. The molecule has 0 saturated carbocycles. The molecule has 0 aliphatic carbocycles. The number of pyridine rings is 1. The van der Waals surface area contributed by atoms with Gasteiger partial charge in [0, 0.05) is 12.5 Å². The summed E-state index contributed by atoms with van der Waals surface area (Å²) in [4.78, 5) is 3.63. The van der Waals surface area contributed by atoms with Gasteiger partial charge in [-0.25, -0.2) is 23.6 Å². The summed E-state index contributed by atoms with van der Waals surface area (Å²) in [5.41, 5.74) is 7.25. The maximum atomic E-state index is 13.8. The molecule has 0 amide bonds. The highest BCUT2D eigenvalue weighted by Crippen LogP contribution is 2.13. The van der Waals surface area contributed by atoms with E-state index in [1.807, 2.05) is 0 Å². The minimum absolute atomic E-state index is 0.0159. The van der Waals surface area contributed by atoms with E-state index in [1.54, 1.807) is 6.07 Å². The Labute approximate surface area is 124 Å². The summed E-state index contributed by atoms with van der Waals surface area (Å²) in [6.45, 7) is 0. The molecule has 0 atom stereocenters. The fourth-order valence-corrected chi connectivity index (χ4v) is 1.75. The first-order chi connectivity index (χ1) is 10.5. The average molecular weight is 307 g/mol. The third-order valence-corrected chi connectivity index (χ3v) is 2.71. The van der Waals surface area contributed by atoms with Gasteiger partial charge in [0.1, 0.15) is 17.3 Å². The summed E-state index contributed by atoms with van der Waals surface area (Å²) in [6.07, 6.45) is 0.714. The van der Waals surface area contributed by atoms with Crippen LogP contribution in [0.15, 0.2) is 41.6 Å². The highest BCUT2D eigenvalue weighted by Gasteiger charge is 2.15. The molecule has 114 valence electrons. The maximum Gasteiger partial charge on any atom is 0.206 e. The molecule has 0 saturated heterocycles. The fraction of sp³-hybridized carbons (Fsp3) is 0.0714. The van der Waals surface area contributed by atoms with Crippen molar-refractivity contribution in [2.75, 3.05) is 0 Å². The van der Waals surface area contributed by atoms with Crippen LogP contribution in [0.5, 0.6) is 0 Å². The Bertz CT molecular complexity index is 730. The first-order valence-corrected chi connectivity index (χ1v) is 6.19. The van der Waals surface area contributed by atoms with Crippen molar-refractivity contribution in [3.05, 3.63) is 65.2 Å². The molecule has 2 rings (SSSR count). The van der Waals surface area contributed by atoms with Gasteiger partial charge in [-0.15, -0.1) is 0 Å². The Morgan fingerprint density at radius 2 is 1.95 bits per heavy atom. The predicted octanol–water partition coefficient (Wildman–Crippen LogP) is 1.93. The molecule has 0 radical (unpaired) electrons. The Balaban J connectivity index is 2.41. The van der Waals surface area contributed by atoms with Crippen molar-refractivity contribution in [2.24, 2.45) is 10.8 Å². The van der Waals surface area contributed by atoms with Gasteiger partial charge in [-0.1, -0.05) is 18.2 Å². The summed E-state index contributed by atoms with van der Waals surface area (Å²) in [7, 11) is 0. The molecule has 0 spiro atoms. The topological polar surface area (TPSA) is 87.2 Å². The Kier molecular flexibility index (Phi) is 4.72. The second-order valence-corrected chi connectivity index (χ2v) is 4.34. The zero-order valence-electron chi connectivity index (χ0n) is 11.3. The number of aromatic nitrogens is 1. The van der Waals surface area contributed by atoms with Gasteiger partial charge >= 0.3 is 0 Å². The lowest BCUT2D eigenvalue weighted by Crippen LogP contribution is -2.28. The molecule has 0 aliphatic heterocycles. The smallest absolute Gasteiger partial charge is 0.206 e. The van der Waals surface area contributed by atoms with Crippen LogP contribution in [0.25, 0.3) is 0 Å². The van der Waals surface area contributed by atoms with Gasteiger partial charge in [-0.3, -0.25) is 5.41 Å². The van der Waals surface area contributed by atoms with Crippen molar-refractivity contribution in [2.45, 2.75) is 6.42 Å². The zero-order chi connectivity index (χ0) is 16.1. The molecule has 1 aromatic heterocycles. The zero-order valence-corrected chi connectivity index (χ0v) is 11.3. The Morgan fingerprint density at radius 3 is 2.59 bits per heavy atom. The van der Waals surface area contributed by atoms with E-state index in [2.05, 4.69) is 15.5 Å². The third-order valence-electron chi connectivity index (χ3n) is 2.71. The number of nitrogens with two attached hydrogens (primary N) is 1. The largest absolute Gasteiger partial charge is 0.369 e. The van der Waals surface area contributed by atoms with Crippen LogP contribution < -0.4 is 11.2 Å². The van der Waals surface area contributed by atoms with Crippen molar-refractivity contribution in [1.82, 2.24) is 10.4 Å². The van der Waals surface area contributed by atoms with Crippen LogP contribution in [0.4, 0.5) is 13.2 Å². The fourth-order valence-electron chi connectivity index (χ4n) is 1.75. The normalized spacial score (nSPS) is 11.3. The van der Waals surface area contributed by atoms with E-state index in [-0.39, 0.29) is 23.4 Å². The van der Waals surface area contributed by atoms with Gasteiger partial charge < -0.3 is 5.73 Å². The van der Waals surface area contributed by atoms with E-state index >= 15 is 0 Å². The highest BCUT2D eigenvalue weighted by atomic mass is 19.1. The predicted molar refractivity (Wildman–Crippen MR) is 75.8 cm³/mol. The molecular weight excluding hydrogens is 295 g/mol. The molecule has 22 heavy (non-hydrogen) atoms. The SMILES string of the molecule is N=C(N)N/N=C(/Cc1ccccc1F)c1ncc(F)cc1F. The number of halogens is 3. The number of guanidine groups is 1. The number of rotatable bonds is 4. The van der Waals surface area contributed by atoms with Crippen molar-refractivity contribution in [3.63, 3.8) is 0 Å². The van der Waals surface area contributed by atoms with Crippen molar-refractivity contribution in [3.8, 4) is 0 Å². The molecule has 4 N–H and O–H groups in total. The lowest BCUT2D eigenvalue weighted by Gasteiger charge is -2.09.